The normalized spacial score (nSPS) is 16.3. The second-order valence-corrected chi connectivity index (χ2v) is 5.67. The van der Waals surface area contributed by atoms with Crippen molar-refractivity contribution in [1.82, 2.24) is 15.4 Å². The number of aryl methyl sites for hydroxylation is 1. The molecule has 0 fully saturated rings. The van der Waals surface area contributed by atoms with Gasteiger partial charge in [0.05, 0.1) is 13.0 Å². The maximum atomic E-state index is 12.7. The van der Waals surface area contributed by atoms with Crippen molar-refractivity contribution in [2.45, 2.75) is 18.8 Å². The van der Waals surface area contributed by atoms with Gasteiger partial charge in [-0.15, -0.1) is 0 Å². The average molecular weight is 308 g/mol. The Hall–Kier alpha value is -2.89. The molecule has 0 saturated carbocycles. The van der Waals surface area contributed by atoms with Gasteiger partial charge in [-0.25, -0.2) is 0 Å². The second-order valence-electron chi connectivity index (χ2n) is 5.67. The van der Waals surface area contributed by atoms with Crippen LogP contribution in [0.15, 0.2) is 36.4 Å². The Labute approximate surface area is 132 Å². The first-order chi connectivity index (χ1) is 11.2. The fraction of sp³-hybridized carbons (Fsp3) is 0.235. The maximum Gasteiger partial charge on any atom is 0.231 e. The molecule has 0 bridgehead atoms. The zero-order chi connectivity index (χ0) is 15.8. The summed E-state index contributed by atoms with van der Waals surface area (Å²) >= 11 is 0. The number of nitrogens with one attached hydrogen (secondary N) is 2. The lowest BCUT2D eigenvalue weighted by Crippen LogP contribution is -2.19. The fourth-order valence-electron chi connectivity index (χ4n) is 3.13. The van der Waals surface area contributed by atoms with Crippen molar-refractivity contribution in [3.05, 3.63) is 47.5 Å². The molecule has 1 atom stereocenters. The molecule has 4 rings (SSSR count). The summed E-state index contributed by atoms with van der Waals surface area (Å²) in [4.78, 5) is 12.7. The van der Waals surface area contributed by atoms with Crippen LogP contribution in [0.3, 0.4) is 0 Å². The van der Waals surface area contributed by atoms with Gasteiger partial charge in [-0.05, 0) is 54.3 Å². The highest BCUT2D eigenvalue weighted by Crippen LogP contribution is 2.36. The van der Waals surface area contributed by atoms with Gasteiger partial charge in [0.25, 0.3) is 0 Å². The third kappa shape index (κ3) is 2.42. The van der Waals surface area contributed by atoms with E-state index in [1.165, 1.54) is 5.56 Å². The maximum absolute atomic E-state index is 12.7. The van der Waals surface area contributed by atoms with Crippen LogP contribution < -0.4 is 10.1 Å². The van der Waals surface area contributed by atoms with Gasteiger partial charge in [-0.1, -0.05) is 6.07 Å². The zero-order valence-corrected chi connectivity index (χ0v) is 12.7. The molecule has 6 nitrogen and oxygen atoms in total. The molecule has 0 unspecified atom stereocenters. The first-order valence-electron chi connectivity index (χ1n) is 7.53. The molecule has 1 amide bonds. The van der Waals surface area contributed by atoms with E-state index >= 15 is 0 Å². The summed E-state index contributed by atoms with van der Waals surface area (Å²) in [6, 6.07) is 11.4. The number of methoxy groups -OCH3 is 1. The molecule has 1 aromatic heterocycles. The van der Waals surface area contributed by atoms with E-state index < -0.39 is 0 Å². The van der Waals surface area contributed by atoms with E-state index in [0.717, 1.165) is 40.9 Å². The van der Waals surface area contributed by atoms with Crippen molar-refractivity contribution < 1.29 is 9.53 Å². The number of hydrogen-bond acceptors (Lipinski definition) is 4. The molecule has 0 radical (unpaired) electrons. The third-order valence-corrected chi connectivity index (χ3v) is 4.33. The van der Waals surface area contributed by atoms with E-state index in [9.17, 15) is 4.79 Å². The lowest BCUT2D eigenvalue weighted by atomic mass is 10.00. The summed E-state index contributed by atoms with van der Waals surface area (Å²) in [6.07, 6.45) is 1.74. The summed E-state index contributed by atoms with van der Waals surface area (Å²) in [5, 5.41) is 13.6. The summed E-state index contributed by atoms with van der Waals surface area (Å²) in [5.41, 5.74) is 4.52. The number of aromatic nitrogens is 3. The van der Waals surface area contributed by atoms with Gasteiger partial charge in [0, 0.05) is 5.69 Å². The van der Waals surface area contributed by atoms with E-state index in [-0.39, 0.29) is 11.8 Å². The molecule has 6 heteroatoms. The summed E-state index contributed by atoms with van der Waals surface area (Å²) < 4.78 is 5.27. The topological polar surface area (TPSA) is 79.9 Å². The van der Waals surface area contributed by atoms with E-state index in [1.54, 1.807) is 7.11 Å². The molecule has 3 aromatic rings. The number of carbonyl (C=O) groups is 1. The Balaban J connectivity index is 1.58. The highest BCUT2D eigenvalue weighted by molar-refractivity contribution is 5.97. The lowest BCUT2D eigenvalue weighted by Gasteiger charge is -2.13. The largest absolute Gasteiger partial charge is 0.497 e. The molecule has 1 aliphatic carbocycles. The number of H-pyrrole nitrogens is 1. The Morgan fingerprint density at radius 1 is 1.22 bits per heavy atom. The van der Waals surface area contributed by atoms with Gasteiger partial charge >= 0.3 is 0 Å². The van der Waals surface area contributed by atoms with Crippen LogP contribution in [-0.4, -0.2) is 28.4 Å². The molecular formula is C17H16N4O2. The molecule has 0 saturated heterocycles. The number of nitrogens with zero attached hydrogens (tertiary/aromatic N) is 2. The van der Waals surface area contributed by atoms with Crippen LogP contribution in [0, 0.1) is 0 Å². The summed E-state index contributed by atoms with van der Waals surface area (Å²) in [6.45, 7) is 0. The van der Waals surface area contributed by atoms with Gasteiger partial charge in [-0.3, -0.25) is 4.79 Å². The quantitative estimate of drug-likeness (QED) is 0.779. The Morgan fingerprint density at radius 2 is 2.09 bits per heavy atom. The number of hydrogen-bond donors (Lipinski definition) is 2. The van der Waals surface area contributed by atoms with E-state index in [1.807, 2.05) is 36.4 Å². The van der Waals surface area contributed by atoms with Crippen molar-refractivity contribution >= 4 is 22.6 Å². The first kappa shape index (κ1) is 13.8. The van der Waals surface area contributed by atoms with Crippen LogP contribution in [0.2, 0.25) is 0 Å². The van der Waals surface area contributed by atoms with Crippen molar-refractivity contribution in [3.63, 3.8) is 0 Å². The second kappa shape index (κ2) is 5.39. The van der Waals surface area contributed by atoms with Crippen LogP contribution in [0.1, 0.15) is 23.5 Å². The Morgan fingerprint density at radius 3 is 2.96 bits per heavy atom. The predicted molar refractivity (Wildman–Crippen MR) is 86.6 cm³/mol. The zero-order valence-electron chi connectivity index (χ0n) is 12.7. The predicted octanol–water partition coefficient (Wildman–Crippen LogP) is 2.64. The molecule has 0 spiro atoms. The highest BCUT2D eigenvalue weighted by atomic mass is 16.5. The van der Waals surface area contributed by atoms with Crippen LogP contribution in [-0.2, 0) is 11.2 Å². The van der Waals surface area contributed by atoms with Crippen LogP contribution in [0.4, 0.5) is 5.69 Å². The van der Waals surface area contributed by atoms with Crippen molar-refractivity contribution in [2.75, 3.05) is 12.4 Å². The molecule has 2 N–H and O–H groups in total. The molecule has 1 aliphatic rings. The molecule has 23 heavy (non-hydrogen) atoms. The minimum Gasteiger partial charge on any atom is -0.497 e. The van der Waals surface area contributed by atoms with Crippen molar-refractivity contribution in [3.8, 4) is 5.75 Å². The van der Waals surface area contributed by atoms with Gasteiger partial charge in [0.15, 0.2) is 0 Å². The Bertz CT molecular complexity index is 887. The number of amides is 1. The fourth-order valence-corrected chi connectivity index (χ4v) is 3.13. The number of anilines is 1. The van der Waals surface area contributed by atoms with Crippen LogP contribution in [0.25, 0.3) is 11.0 Å². The number of rotatable bonds is 3. The summed E-state index contributed by atoms with van der Waals surface area (Å²) in [5.74, 6) is 0.639. The van der Waals surface area contributed by atoms with E-state index in [2.05, 4.69) is 20.7 Å². The minimum atomic E-state index is -0.145. The van der Waals surface area contributed by atoms with Crippen LogP contribution >= 0.6 is 0 Å². The molecule has 116 valence electrons. The van der Waals surface area contributed by atoms with Gasteiger partial charge in [-0.2, -0.15) is 15.4 Å². The van der Waals surface area contributed by atoms with Gasteiger partial charge < -0.3 is 10.1 Å². The van der Waals surface area contributed by atoms with Gasteiger partial charge in [0.2, 0.25) is 5.91 Å². The first-order valence-corrected chi connectivity index (χ1v) is 7.53. The minimum absolute atomic E-state index is 0.000141. The number of aromatic amines is 1. The van der Waals surface area contributed by atoms with E-state index in [0.29, 0.717) is 0 Å². The average Bonchev–Trinajstić information content (AvgIpc) is 3.20. The monoisotopic (exact) mass is 308 g/mol. The number of carbonyl (C=O) groups excluding carboxylic acids is 1. The summed E-state index contributed by atoms with van der Waals surface area (Å²) in [7, 11) is 1.64. The van der Waals surface area contributed by atoms with Crippen LogP contribution in [0.5, 0.6) is 5.75 Å². The van der Waals surface area contributed by atoms with Gasteiger partial charge in [0.1, 0.15) is 16.8 Å². The third-order valence-electron chi connectivity index (χ3n) is 4.33. The van der Waals surface area contributed by atoms with Crippen molar-refractivity contribution in [2.24, 2.45) is 0 Å². The SMILES string of the molecule is COc1ccc2c(c1)[C@@H](C(=O)Nc1ccc3n[nH]nc3c1)CC2. The Kier molecular flexibility index (Phi) is 3.22. The highest BCUT2D eigenvalue weighted by Gasteiger charge is 2.29. The smallest absolute Gasteiger partial charge is 0.231 e. The standard InChI is InChI=1S/C17H16N4O2/c1-23-12-5-2-10-3-6-13(14(10)9-12)17(22)18-11-4-7-15-16(8-11)20-21-19-15/h2,4-5,7-9,13H,3,6H2,1H3,(H,18,22)(H,19,20,21)/t13-/m0/s1. The number of fused-ring (bicyclic) bond motifs is 2. The van der Waals surface area contributed by atoms with E-state index in [4.69, 9.17) is 4.74 Å². The van der Waals surface area contributed by atoms with Crippen molar-refractivity contribution in [1.29, 1.82) is 0 Å². The molecular weight excluding hydrogens is 292 g/mol. The molecule has 1 heterocycles. The number of ether oxygens (including phenoxy) is 1. The molecule has 0 aliphatic heterocycles. The molecule has 2 aromatic carbocycles. The number of benzene rings is 2. The lowest BCUT2D eigenvalue weighted by molar-refractivity contribution is -0.117.